The number of thioether (sulfide) groups is 2. The molecule has 0 aromatic carbocycles. The summed E-state index contributed by atoms with van der Waals surface area (Å²) in [6.45, 7) is 0. The average Bonchev–Trinajstić information content (AvgIpc) is 2.77. The van der Waals surface area contributed by atoms with E-state index in [0.29, 0.717) is 0 Å². The van der Waals surface area contributed by atoms with Gasteiger partial charge in [-0.2, -0.15) is 8.61 Å². The lowest BCUT2D eigenvalue weighted by atomic mass is 11.0. The monoisotopic (exact) mass is 220 g/mol. The van der Waals surface area contributed by atoms with Crippen molar-refractivity contribution in [2.75, 3.05) is 11.8 Å². The Morgan fingerprint density at radius 2 is 1.58 bits per heavy atom. The average molecular weight is 220 g/mol. The van der Waals surface area contributed by atoms with Crippen molar-refractivity contribution in [2.45, 2.75) is 0 Å². The Morgan fingerprint density at radius 1 is 1.08 bits per heavy atom. The fraction of sp³-hybridized carbons (Fsp3) is 0.333. The maximum absolute atomic E-state index is 11.7. The third-order valence-electron chi connectivity index (χ3n) is 1.45. The van der Waals surface area contributed by atoms with E-state index in [2.05, 4.69) is 0 Å². The van der Waals surface area contributed by atoms with Crippen molar-refractivity contribution in [3.05, 3.63) is 23.2 Å². The lowest BCUT2D eigenvalue weighted by molar-refractivity contribution is 0.475. The van der Waals surface area contributed by atoms with Crippen LogP contribution in [0.15, 0.2) is 23.2 Å². The van der Waals surface area contributed by atoms with E-state index in [1.807, 2.05) is 31.8 Å². The van der Waals surface area contributed by atoms with Gasteiger partial charge in [-0.05, 0) is 10.8 Å². The number of hydrogen-bond donors (Lipinski definition) is 0. The van der Waals surface area contributed by atoms with Crippen molar-refractivity contribution in [3.8, 4) is 0 Å². The largest absolute Gasteiger partial charge is 0.568 e. The first-order chi connectivity index (χ1) is 5.88. The van der Waals surface area contributed by atoms with Crippen molar-refractivity contribution in [1.82, 2.24) is 8.61 Å². The highest BCUT2D eigenvalue weighted by Crippen LogP contribution is 2.25. The zero-order chi connectivity index (χ0) is 8.39. The van der Waals surface area contributed by atoms with Crippen LogP contribution in [0, 0.1) is 0 Å². The molecule has 2 heterocycles. The maximum atomic E-state index is 11.7. The van der Waals surface area contributed by atoms with Gasteiger partial charge in [0.25, 0.3) is 0 Å². The SMILES string of the molecule is [O-][S+](N1C=CSC1)N1C=CSC1. The Hall–Kier alpha value is 0.0900. The van der Waals surface area contributed by atoms with Crippen molar-refractivity contribution < 1.29 is 4.55 Å². The smallest absolute Gasteiger partial charge is 0.198 e. The Balaban J connectivity index is 1.94. The predicted molar refractivity (Wildman–Crippen MR) is 55.0 cm³/mol. The van der Waals surface area contributed by atoms with Crippen LogP contribution in [-0.4, -0.2) is 24.9 Å². The summed E-state index contributed by atoms with van der Waals surface area (Å²) in [6.07, 6.45) is 3.75. The van der Waals surface area contributed by atoms with E-state index in [4.69, 9.17) is 0 Å². The minimum absolute atomic E-state index is 0.793. The molecule has 3 nitrogen and oxygen atoms in total. The topological polar surface area (TPSA) is 29.5 Å². The fourth-order valence-electron chi connectivity index (χ4n) is 0.870. The van der Waals surface area contributed by atoms with Gasteiger partial charge in [-0.15, -0.1) is 23.5 Å². The summed E-state index contributed by atoms with van der Waals surface area (Å²) in [5.41, 5.74) is 0. The normalized spacial score (nSPS) is 21.8. The van der Waals surface area contributed by atoms with E-state index in [0.717, 1.165) is 11.8 Å². The summed E-state index contributed by atoms with van der Waals surface area (Å²) in [5.74, 6) is 1.59. The van der Waals surface area contributed by atoms with Crippen LogP contribution < -0.4 is 0 Å². The first-order valence-corrected chi connectivity index (χ1v) is 6.56. The lowest BCUT2D eigenvalue weighted by Gasteiger charge is -2.23. The van der Waals surface area contributed by atoms with Gasteiger partial charge in [-0.3, -0.25) is 0 Å². The summed E-state index contributed by atoms with van der Waals surface area (Å²) < 4.78 is 15.3. The summed E-state index contributed by atoms with van der Waals surface area (Å²) in [5, 5.41) is 3.93. The van der Waals surface area contributed by atoms with E-state index in [1.165, 1.54) is 0 Å². The molecule has 0 N–H and O–H groups in total. The van der Waals surface area contributed by atoms with Gasteiger partial charge >= 0.3 is 0 Å². The quantitative estimate of drug-likeness (QED) is 0.658. The van der Waals surface area contributed by atoms with Gasteiger partial charge in [0.1, 0.15) is 11.8 Å². The molecular formula is C6H8N2OS3. The molecular weight excluding hydrogens is 212 g/mol. The van der Waals surface area contributed by atoms with Crippen LogP contribution in [-0.2, 0) is 11.5 Å². The van der Waals surface area contributed by atoms with Gasteiger partial charge in [0.05, 0.1) is 12.4 Å². The van der Waals surface area contributed by atoms with E-state index in [1.54, 1.807) is 23.5 Å². The molecule has 0 aromatic rings. The molecule has 0 saturated carbocycles. The Kier molecular flexibility index (Phi) is 2.80. The van der Waals surface area contributed by atoms with Crippen LogP contribution in [0.1, 0.15) is 0 Å². The second kappa shape index (κ2) is 3.87. The van der Waals surface area contributed by atoms with Gasteiger partial charge in [0, 0.05) is 0 Å². The van der Waals surface area contributed by atoms with E-state index in [9.17, 15) is 4.55 Å². The van der Waals surface area contributed by atoms with Crippen molar-refractivity contribution >= 4 is 35.1 Å². The predicted octanol–water partition coefficient (Wildman–Crippen LogP) is 1.52. The third-order valence-corrected chi connectivity index (χ3v) is 4.57. The zero-order valence-corrected chi connectivity index (χ0v) is 8.70. The van der Waals surface area contributed by atoms with E-state index < -0.39 is 11.5 Å². The Morgan fingerprint density at radius 3 is 1.92 bits per heavy atom. The fourth-order valence-corrected chi connectivity index (χ4v) is 3.81. The van der Waals surface area contributed by atoms with Crippen LogP contribution in [0.4, 0.5) is 0 Å². The van der Waals surface area contributed by atoms with Gasteiger partial charge < -0.3 is 4.55 Å². The van der Waals surface area contributed by atoms with Crippen LogP contribution in [0.25, 0.3) is 0 Å². The lowest BCUT2D eigenvalue weighted by Crippen LogP contribution is -2.35. The minimum Gasteiger partial charge on any atom is -0.568 e. The second-order valence-corrected chi connectivity index (χ2v) is 5.35. The van der Waals surface area contributed by atoms with Crippen molar-refractivity contribution in [1.29, 1.82) is 0 Å². The molecule has 0 fully saturated rings. The van der Waals surface area contributed by atoms with E-state index >= 15 is 0 Å². The molecule has 2 rings (SSSR count). The van der Waals surface area contributed by atoms with Gasteiger partial charge in [0.15, 0.2) is 11.5 Å². The summed E-state index contributed by atoms with van der Waals surface area (Å²) in [4.78, 5) is 0. The highest BCUT2D eigenvalue weighted by Gasteiger charge is 2.26. The molecule has 0 aromatic heterocycles. The number of hydrogen-bond acceptors (Lipinski definition) is 5. The van der Waals surface area contributed by atoms with Crippen LogP contribution in [0.2, 0.25) is 0 Å². The number of nitrogens with zero attached hydrogens (tertiary/aromatic N) is 2. The second-order valence-electron chi connectivity index (χ2n) is 2.23. The molecule has 0 unspecified atom stereocenters. The van der Waals surface area contributed by atoms with Gasteiger partial charge in [0.2, 0.25) is 0 Å². The van der Waals surface area contributed by atoms with E-state index in [-0.39, 0.29) is 0 Å². The maximum Gasteiger partial charge on any atom is 0.198 e. The van der Waals surface area contributed by atoms with Gasteiger partial charge in [-0.1, -0.05) is 0 Å². The minimum atomic E-state index is -1.02. The molecule has 0 amide bonds. The summed E-state index contributed by atoms with van der Waals surface area (Å²) >= 11 is 2.31. The van der Waals surface area contributed by atoms with Gasteiger partial charge in [-0.25, -0.2) is 0 Å². The van der Waals surface area contributed by atoms with Crippen LogP contribution in [0.3, 0.4) is 0 Å². The molecule has 66 valence electrons. The molecule has 2 aliphatic heterocycles. The van der Waals surface area contributed by atoms with Crippen molar-refractivity contribution in [3.63, 3.8) is 0 Å². The molecule has 6 heteroatoms. The molecule has 2 aliphatic rings. The Labute approximate surface area is 83.3 Å². The van der Waals surface area contributed by atoms with Crippen LogP contribution in [0.5, 0.6) is 0 Å². The first-order valence-electron chi connectivity index (χ1n) is 3.40. The number of rotatable bonds is 2. The molecule has 0 radical (unpaired) electrons. The molecule has 0 atom stereocenters. The highest BCUT2D eigenvalue weighted by molar-refractivity contribution is 8.04. The molecule has 0 aliphatic carbocycles. The van der Waals surface area contributed by atoms with Crippen molar-refractivity contribution in [2.24, 2.45) is 0 Å². The highest BCUT2D eigenvalue weighted by atomic mass is 32.2. The van der Waals surface area contributed by atoms with Crippen LogP contribution >= 0.6 is 23.5 Å². The standard InChI is InChI=1S/C6H8N2OS3/c9-12(7-1-3-10-5-7)8-2-4-11-6-8/h1-4H,5-6H2. The third kappa shape index (κ3) is 1.71. The summed E-state index contributed by atoms with van der Waals surface area (Å²) in [7, 11) is 0. The molecule has 0 saturated heterocycles. The first kappa shape index (κ1) is 8.68. The summed E-state index contributed by atoms with van der Waals surface area (Å²) in [6, 6.07) is 0. The molecule has 0 bridgehead atoms. The Bertz CT molecular complexity index is 199. The zero-order valence-electron chi connectivity index (χ0n) is 6.25. The molecule has 0 spiro atoms. The molecule has 12 heavy (non-hydrogen) atoms.